The third kappa shape index (κ3) is 6.32. The Morgan fingerprint density at radius 3 is 2.52 bits per heavy atom. The first-order valence-electron chi connectivity index (χ1n) is 10.1. The zero-order valence-corrected chi connectivity index (χ0v) is 17.3. The van der Waals surface area contributed by atoms with Gasteiger partial charge in [-0.3, -0.25) is 10.1 Å². The predicted molar refractivity (Wildman–Crippen MR) is 116 cm³/mol. The fraction of sp³-hybridized carbons (Fsp3) is 0.391. The summed E-state index contributed by atoms with van der Waals surface area (Å²) in [6.07, 6.45) is 2.15. The summed E-state index contributed by atoms with van der Waals surface area (Å²) in [5.74, 6) is 0.935. The Kier molecular flexibility index (Phi) is 7.25. The van der Waals surface area contributed by atoms with Gasteiger partial charge in [0.05, 0.1) is 19.3 Å². The van der Waals surface area contributed by atoms with E-state index >= 15 is 0 Å². The van der Waals surface area contributed by atoms with Crippen LogP contribution < -0.4 is 15.4 Å². The van der Waals surface area contributed by atoms with Crippen molar-refractivity contribution in [3.05, 3.63) is 59.2 Å². The second kappa shape index (κ2) is 10.1. The van der Waals surface area contributed by atoms with Crippen LogP contribution in [0.1, 0.15) is 41.3 Å². The van der Waals surface area contributed by atoms with Crippen molar-refractivity contribution in [2.24, 2.45) is 4.99 Å². The summed E-state index contributed by atoms with van der Waals surface area (Å²) in [5.41, 5.74) is 3.72. The van der Waals surface area contributed by atoms with Crippen molar-refractivity contribution in [3.8, 4) is 5.75 Å². The highest BCUT2D eigenvalue weighted by Crippen LogP contribution is 2.16. The number of guanidine groups is 1. The Morgan fingerprint density at radius 2 is 1.90 bits per heavy atom. The minimum atomic E-state index is -0.226. The largest absolute Gasteiger partial charge is 0.494 e. The predicted octanol–water partition coefficient (Wildman–Crippen LogP) is 4.08. The Labute approximate surface area is 172 Å². The average molecular weight is 396 g/mol. The molecule has 0 aliphatic carbocycles. The SMILES string of the molecule is CCOc1ccc(C(=O)NC(=NCC2CCCO2)Nc2cc(C)cc(C)c2)cc1. The molecular weight excluding hydrogens is 366 g/mol. The molecule has 0 bridgehead atoms. The minimum Gasteiger partial charge on any atom is -0.494 e. The van der Waals surface area contributed by atoms with Crippen LogP contribution in [0.4, 0.5) is 5.69 Å². The first-order chi connectivity index (χ1) is 14.0. The normalized spacial score (nSPS) is 16.5. The smallest absolute Gasteiger partial charge is 0.257 e. The lowest BCUT2D eigenvalue weighted by molar-refractivity contribution is 0.0975. The summed E-state index contributed by atoms with van der Waals surface area (Å²) in [7, 11) is 0. The number of nitrogens with one attached hydrogen (secondary N) is 2. The second-order valence-corrected chi connectivity index (χ2v) is 7.24. The molecule has 1 aliphatic heterocycles. The van der Waals surface area contributed by atoms with Gasteiger partial charge in [0.25, 0.3) is 5.91 Å². The first-order valence-corrected chi connectivity index (χ1v) is 10.1. The van der Waals surface area contributed by atoms with Gasteiger partial charge in [-0.25, -0.2) is 4.99 Å². The van der Waals surface area contributed by atoms with Gasteiger partial charge < -0.3 is 14.8 Å². The quantitative estimate of drug-likeness (QED) is 0.571. The van der Waals surface area contributed by atoms with Crippen molar-refractivity contribution < 1.29 is 14.3 Å². The standard InChI is InChI=1S/C23H29N3O3/c1-4-28-20-9-7-18(8-10-20)22(27)26-23(24-15-21-6-5-11-29-21)25-19-13-16(2)12-17(3)14-19/h7-10,12-14,21H,4-6,11,15H2,1-3H3,(H2,24,25,26,27). The van der Waals surface area contributed by atoms with E-state index in [2.05, 4.69) is 21.7 Å². The lowest BCUT2D eigenvalue weighted by atomic mass is 10.1. The van der Waals surface area contributed by atoms with Gasteiger partial charge in [-0.2, -0.15) is 0 Å². The summed E-state index contributed by atoms with van der Waals surface area (Å²) in [4.78, 5) is 17.3. The molecule has 6 heteroatoms. The Balaban J connectivity index is 1.74. The molecule has 2 aromatic carbocycles. The van der Waals surface area contributed by atoms with Crippen molar-refractivity contribution in [3.63, 3.8) is 0 Å². The van der Waals surface area contributed by atoms with Gasteiger partial charge in [0.1, 0.15) is 5.75 Å². The highest BCUT2D eigenvalue weighted by molar-refractivity contribution is 6.10. The third-order valence-electron chi connectivity index (χ3n) is 4.62. The van der Waals surface area contributed by atoms with E-state index in [-0.39, 0.29) is 12.0 Å². The van der Waals surface area contributed by atoms with Gasteiger partial charge in [0, 0.05) is 17.9 Å². The number of carbonyl (C=O) groups is 1. The lowest BCUT2D eigenvalue weighted by Crippen LogP contribution is -2.36. The number of carbonyl (C=O) groups excluding carboxylic acids is 1. The number of hydrogen-bond acceptors (Lipinski definition) is 4. The van der Waals surface area contributed by atoms with Crippen LogP contribution >= 0.6 is 0 Å². The van der Waals surface area contributed by atoms with Crippen molar-refractivity contribution in [2.45, 2.75) is 39.7 Å². The number of aryl methyl sites for hydroxylation is 2. The number of ether oxygens (including phenoxy) is 2. The molecule has 1 amide bonds. The van der Waals surface area contributed by atoms with Crippen LogP contribution in [0, 0.1) is 13.8 Å². The summed E-state index contributed by atoms with van der Waals surface area (Å²) in [6, 6.07) is 13.2. The van der Waals surface area contributed by atoms with Gasteiger partial charge in [-0.05, 0) is 81.1 Å². The molecule has 1 fully saturated rings. The molecule has 1 aliphatic rings. The van der Waals surface area contributed by atoms with Crippen molar-refractivity contribution in [2.75, 3.05) is 25.1 Å². The Bertz CT molecular complexity index is 836. The lowest BCUT2D eigenvalue weighted by Gasteiger charge is -2.14. The molecule has 0 aromatic heterocycles. The van der Waals surface area contributed by atoms with E-state index in [9.17, 15) is 4.79 Å². The van der Waals surface area contributed by atoms with E-state index in [1.807, 2.05) is 32.9 Å². The zero-order chi connectivity index (χ0) is 20.6. The number of rotatable bonds is 6. The summed E-state index contributed by atoms with van der Waals surface area (Å²) in [6.45, 7) is 7.89. The van der Waals surface area contributed by atoms with Crippen LogP contribution in [-0.4, -0.2) is 37.7 Å². The van der Waals surface area contributed by atoms with Crippen LogP contribution in [0.2, 0.25) is 0 Å². The average Bonchev–Trinajstić information content (AvgIpc) is 3.20. The van der Waals surface area contributed by atoms with Crippen LogP contribution in [-0.2, 0) is 4.74 Å². The molecule has 6 nitrogen and oxygen atoms in total. The maximum Gasteiger partial charge on any atom is 0.257 e. The van der Waals surface area contributed by atoms with E-state index < -0.39 is 0 Å². The van der Waals surface area contributed by atoms with Crippen molar-refractivity contribution in [1.82, 2.24) is 5.32 Å². The highest BCUT2D eigenvalue weighted by Gasteiger charge is 2.16. The summed E-state index contributed by atoms with van der Waals surface area (Å²) < 4.78 is 11.1. The maximum absolute atomic E-state index is 12.7. The Morgan fingerprint density at radius 1 is 1.17 bits per heavy atom. The van der Waals surface area contributed by atoms with Gasteiger partial charge >= 0.3 is 0 Å². The number of nitrogens with zero attached hydrogens (tertiary/aromatic N) is 1. The molecule has 1 saturated heterocycles. The molecule has 154 valence electrons. The number of aliphatic imine (C=N–C) groups is 1. The van der Waals surface area contributed by atoms with E-state index in [1.54, 1.807) is 24.3 Å². The van der Waals surface area contributed by atoms with Crippen molar-refractivity contribution in [1.29, 1.82) is 0 Å². The minimum absolute atomic E-state index is 0.105. The molecular formula is C23H29N3O3. The van der Waals surface area contributed by atoms with E-state index in [0.29, 0.717) is 24.7 Å². The van der Waals surface area contributed by atoms with E-state index in [0.717, 1.165) is 42.0 Å². The molecule has 0 spiro atoms. The van der Waals surface area contributed by atoms with Crippen LogP contribution in [0.15, 0.2) is 47.5 Å². The fourth-order valence-corrected chi connectivity index (χ4v) is 3.32. The van der Waals surface area contributed by atoms with Crippen molar-refractivity contribution >= 4 is 17.6 Å². The van der Waals surface area contributed by atoms with Gasteiger partial charge in [0.15, 0.2) is 0 Å². The van der Waals surface area contributed by atoms with E-state index in [1.165, 1.54) is 0 Å². The first kappa shape index (κ1) is 20.9. The summed E-state index contributed by atoms with van der Waals surface area (Å²) in [5, 5.41) is 6.15. The fourth-order valence-electron chi connectivity index (χ4n) is 3.32. The topological polar surface area (TPSA) is 72.0 Å². The number of hydrogen-bond donors (Lipinski definition) is 2. The summed E-state index contributed by atoms with van der Waals surface area (Å²) >= 11 is 0. The van der Waals surface area contributed by atoms with Crippen LogP contribution in [0.5, 0.6) is 5.75 Å². The highest BCUT2D eigenvalue weighted by atomic mass is 16.5. The Hall–Kier alpha value is -2.86. The molecule has 0 radical (unpaired) electrons. The zero-order valence-electron chi connectivity index (χ0n) is 17.3. The number of amides is 1. The molecule has 1 heterocycles. The van der Waals surface area contributed by atoms with Gasteiger partial charge in [-0.15, -0.1) is 0 Å². The molecule has 29 heavy (non-hydrogen) atoms. The number of benzene rings is 2. The van der Waals surface area contributed by atoms with Gasteiger partial charge in [-0.1, -0.05) is 6.07 Å². The molecule has 1 atom stereocenters. The van der Waals surface area contributed by atoms with Crippen LogP contribution in [0.3, 0.4) is 0 Å². The molecule has 3 rings (SSSR count). The maximum atomic E-state index is 12.7. The van der Waals surface area contributed by atoms with Crippen LogP contribution in [0.25, 0.3) is 0 Å². The molecule has 2 N–H and O–H groups in total. The molecule has 0 saturated carbocycles. The number of anilines is 1. The molecule has 2 aromatic rings. The van der Waals surface area contributed by atoms with Gasteiger partial charge in [0.2, 0.25) is 5.96 Å². The molecule has 1 unspecified atom stereocenters. The monoisotopic (exact) mass is 395 g/mol. The second-order valence-electron chi connectivity index (χ2n) is 7.24. The third-order valence-corrected chi connectivity index (χ3v) is 4.62. The van der Waals surface area contributed by atoms with E-state index in [4.69, 9.17) is 9.47 Å².